The van der Waals surface area contributed by atoms with Crippen molar-refractivity contribution in [2.45, 2.75) is 6.54 Å². The molecule has 1 aliphatic rings. The molecule has 0 saturated carbocycles. The van der Waals surface area contributed by atoms with Gasteiger partial charge in [-0.25, -0.2) is 4.79 Å². The Morgan fingerprint density at radius 2 is 1.86 bits per heavy atom. The number of aromatic amines is 1. The van der Waals surface area contributed by atoms with Crippen LogP contribution < -0.4 is 21.5 Å². The molecule has 0 atom stereocenters. The second kappa shape index (κ2) is 8.75. The summed E-state index contributed by atoms with van der Waals surface area (Å²) in [6.45, 7) is 2.01. The first-order valence-electron chi connectivity index (χ1n) is 8.77. The van der Waals surface area contributed by atoms with E-state index in [1.807, 2.05) is 24.3 Å². The van der Waals surface area contributed by atoms with Gasteiger partial charge in [0, 0.05) is 49.2 Å². The molecule has 1 saturated heterocycles. The van der Waals surface area contributed by atoms with Gasteiger partial charge in [-0.15, -0.1) is 0 Å². The van der Waals surface area contributed by atoms with Crippen molar-refractivity contribution in [2.75, 3.05) is 37.6 Å². The molecule has 2 amide bonds. The molecule has 2 aromatic rings. The summed E-state index contributed by atoms with van der Waals surface area (Å²) >= 11 is 6.02. The van der Waals surface area contributed by atoms with Gasteiger partial charge in [0.05, 0.1) is 6.54 Å². The topological polar surface area (TPSA) is 108 Å². The van der Waals surface area contributed by atoms with E-state index >= 15 is 0 Å². The third-order valence-corrected chi connectivity index (χ3v) is 4.69. The molecule has 9 nitrogen and oxygen atoms in total. The lowest BCUT2D eigenvalue weighted by molar-refractivity contribution is -0.133. The van der Waals surface area contributed by atoms with E-state index in [1.165, 1.54) is 6.20 Å². The Morgan fingerprint density at radius 1 is 1.11 bits per heavy atom. The van der Waals surface area contributed by atoms with Gasteiger partial charge in [0.15, 0.2) is 0 Å². The minimum Gasteiger partial charge on any atom is -0.368 e. The number of benzene rings is 1. The number of aromatic nitrogens is 2. The number of anilines is 1. The summed E-state index contributed by atoms with van der Waals surface area (Å²) in [6, 6.07) is 8.71. The van der Waals surface area contributed by atoms with Crippen LogP contribution in [0.15, 0.2) is 46.1 Å². The Bertz CT molecular complexity index is 978. The molecular weight excluding hydrogens is 386 g/mol. The summed E-state index contributed by atoms with van der Waals surface area (Å²) < 4.78 is 1.06. The summed E-state index contributed by atoms with van der Waals surface area (Å²) in [7, 11) is 0. The maximum Gasteiger partial charge on any atom is 0.328 e. The van der Waals surface area contributed by atoms with Gasteiger partial charge in [-0.05, 0) is 18.2 Å². The van der Waals surface area contributed by atoms with Crippen LogP contribution in [0, 0.1) is 0 Å². The van der Waals surface area contributed by atoms with Gasteiger partial charge in [0.1, 0.15) is 6.54 Å². The summed E-state index contributed by atoms with van der Waals surface area (Å²) in [6.07, 6.45) is 1.23. The largest absolute Gasteiger partial charge is 0.368 e. The minimum absolute atomic E-state index is 0.145. The third-order valence-electron chi connectivity index (χ3n) is 4.45. The highest BCUT2D eigenvalue weighted by Crippen LogP contribution is 2.20. The van der Waals surface area contributed by atoms with E-state index in [1.54, 1.807) is 4.90 Å². The predicted molar refractivity (Wildman–Crippen MR) is 105 cm³/mol. The van der Waals surface area contributed by atoms with Crippen LogP contribution in [0.25, 0.3) is 0 Å². The predicted octanol–water partition coefficient (Wildman–Crippen LogP) is -0.345. The van der Waals surface area contributed by atoms with E-state index in [2.05, 4.69) is 15.2 Å². The summed E-state index contributed by atoms with van der Waals surface area (Å²) in [5.41, 5.74) is -0.195. The van der Waals surface area contributed by atoms with Crippen molar-refractivity contribution in [1.29, 1.82) is 0 Å². The Balaban J connectivity index is 1.46. The number of piperazine rings is 1. The highest BCUT2D eigenvalue weighted by atomic mass is 35.5. The second-order valence-corrected chi connectivity index (χ2v) is 6.80. The van der Waals surface area contributed by atoms with Crippen LogP contribution >= 0.6 is 11.6 Å². The molecule has 148 valence electrons. The molecule has 0 aliphatic carbocycles. The molecule has 2 heterocycles. The van der Waals surface area contributed by atoms with E-state index in [0.717, 1.165) is 16.3 Å². The van der Waals surface area contributed by atoms with Gasteiger partial charge in [-0.1, -0.05) is 17.7 Å². The Hall–Kier alpha value is -3.07. The van der Waals surface area contributed by atoms with E-state index in [4.69, 9.17) is 11.6 Å². The van der Waals surface area contributed by atoms with Crippen LogP contribution in [-0.4, -0.2) is 59.0 Å². The zero-order valence-electron chi connectivity index (χ0n) is 15.1. The molecule has 0 bridgehead atoms. The van der Waals surface area contributed by atoms with Crippen LogP contribution in [0.3, 0.4) is 0 Å². The van der Waals surface area contributed by atoms with E-state index in [9.17, 15) is 19.2 Å². The van der Waals surface area contributed by atoms with Crippen LogP contribution in [-0.2, 0) is 16.1 Å². The maximum absolute atomic E-state index is 12.3. The van der Waals surface area contributed by atoms with Crippen LogP contribution in [0.5, 0.6) is 0 Å². The molecular formula is C18H20ClN5O4. The molecule has 10 heteroatoms. The summed E-state index contributed by atoms with van der Waals surface area (Å²) in [4.78, 5) is 52.8. The lowest BCUT2D eigenvalue weighted by Gasteiger charge is -2.36. The molecule has 1 aromatic carbocycles. The van der Waals surface area contributed by atoms with Gasteiger partial charge in [0.25, 0.3) is 5.56 Å². The number of nitrogens with zero attached hydrogens (tertiary/aromatic N) is 3. The minimum atomic E-state index is -0.675. The fourth-order valence-corrected chi connectivity index (χ4v) is 3.14. The summed E-state index contributed by atoms with van der Waals surface area (Å²) in [5, 5.41) is 3.17. The highest BCUT2D eigenvalue weighted by molar-refractivity contribution is 6.30. The molecule has 1 aromatic heterocycles. The SMILES string of the molecule is O=C(Cn1ccc(=O)[nH]c1=O)NCC(=O)N1CCN(c2cccc(Cl)c2)CC1. The third kappa shape index (κ3) is 5.01. The number of carbonyl (C=O) groups is 2. The lowest BCUT2D eigenvalue weighted by Crippen LogP contribution is -2.51. The number of halogens is 1. The van der Waals surface area contributed by atoms with Crippen LogP contribution in [0.4, 0.5) is 5.69 Å². The first-order valence-corrected chi connectivity index (χ1v) is 9.15. The Labute approximate surface area is 165 Å². The Kier molecular flexibility index (Phi) is 6.15. The normalized spacial score (nSPS) is 14.0. The van der Waals surface area contributed by atoms with E-state index in [-0.39, 0.29) is 19.0 Å². The molecule has 1 fully saturated rings. The molecule has 0 radical (unpaired) electrons. The number of carbonyl (C=O) groups excluding carboxylic acids is 2. The van der Waals surface area contributed by atoms with Gasteiger partial charge in [-0.2, -0.15) is 0 Å². The molecule has 28 heavy (non-hydrogen) atoms. The van der Waals surface area contributed by atoms with Crippen LogP contribution in [0.2, 0.25) is 5.02 Å². The highest BCUT2D eigenvalue weighted by Gasteiger charge is 2.21. The van der Waals surface area contributed by atoms with Crippen molar-refractivity contribution in [3.63, 3.8) is 0 Å². The van der Waals surface area contributed by atoms with Crippen molar-refractivity contribution >= 4 is 29.1 Å². The second-order valence-electron chi connectivity index (χ2n) is 6.36. The molecule has 0 spiro atoms. The Morgan fingerprint density at radius 3 is 2.54 bits per heavy atom. The van der Waals surface area contributed by atoms with Gasteiger partial charge >= 0.3 is 5.69 Å². The maximum atomic E-state index is 12.3. The standard InChI is InChI=1S/C18H20ClN5O4/c19-13-2-1-3-14(10-13)22-6-8-23(9-7-22)17(27)11-20-16(26)12-24-5-4-15(25)21-18(24)28/h1-5,10H,6-9,11-12H2,(H,20,26)(H,21,25,28). The number of hydrogen-bond acceptors (Lipinski definition) is 5. The number of hydrogen-bond donors (Lipinski definition) is 2. The number of amides is 2. The fraction of sp³-hybridized carbons (Fsp3) is 0.333. The first-order chi connectivity index (χ1) is 13.4. The average molecular weight is 406 g/mol. The van der Waals surface area contributed by atoms with Crippen LogP contribution in [0.1, 0.15) is 0 Å². The lowest BCUT2D eigenvalue weighted by atomic mass is 10.2. The average Bonchev–Trinajstić information content (AvgIpc) is 2.68. The molecule has 2 N–H and O–H groups in total. The van der Waals surface area contributed by atoms with E-state index in [0.29, 0.717) is 31.2 Å². The van der Waals surface area contributed by atoms with Crippen molar-refractivity contribution in [3.8, 4) is 0 Å². The zero-order chi connectivity index (χ0) is 20.1. The number of H-pyrrole nitrogens is 1. The zero-order valence-corrected chi connectivity index (χ0v) is 15.8. The van der Waals surface area contributed by atoms with E-state index < -0.39 is 17.2 Å². The first kappa shape index (κ1) is 19.7. The number of nitrogens with one attached hydrogen (secondary N) is 2. The fourth-order valence-electron chi connectivity index (χ4n) is 2.95. The monoisotopic (exact) mass is 405 g/mol. The molecule has 0 unspecified atom stereocenters. The van der Waals surface area contributed by atoms with Crippen molar-refractivity contribution in [3.05, 3.63) is 62.4 Å². The van der Waals surface area contributed by atoms with Crippen molar-refractivity contribution < 1.29 is 9.59 Å². The van der Waals surface area contributed by atoms with Gasteiger partial charge in [0.2, 0.25) is 11.8 Å². The molecule has 1 aliphatic heterocycles. The van der Waals surface area contributed by atoms with Gasteiger partial charge in [-0.3, -0.25) is 23.9 Å². The number of rotatable bonds is 5. The van der Waals surface area contributed by atoms with Crippen molar-refractivity contribution in [2.24, 2.45) is 0 Å². The molecule has 3 rings (SSSR count). The quantitative estimate of drug-likeness (QED) is 0.707. The van der Waals surface area contributed by atoms with Gasteiger partial charge < -0.3 is 15.1 Å². The van der Waals surface area contributed by atoms with Crippen molar-refractivity contribution in [1.82, 2.24) is 19.8 Å². The summed E-state index contributed by atoms with van der Waals surface area (Å²) in [5.74, 6) is -0.673. The smallest absolute Gasteiger partial charge is 0.328 e.